The molecule has 0 fully saturated rings. The molecule has 2 N–H and O–H groups in total. The molecule has 0 atom stereocenters. The van der Waals surface area contributed by atoms with Gasteiger partial charge in [0.2, 0.25) is 0 Å². The lowest BCUT2D eigenvalue weighted by Gasteiger charge is -2.11. The van der Waals surface area contributed by atoms with Gasteiger partial charge in [-0.2, -0.15) is 11.8 Å². The molecule has 1 aliphatic rings. The van der Waals surface area contributed by atoms with Crippen molar-refractivity contribution in [3.8, 4) is 0 Å². The fourth-order valence-corrected chi connectivity index (χ4v) is 4.33. The van der Waals surface area contributed by atoms with Gasteiger partial charge < -0.3 is 15.5 Å². The summed E-state index contributed by atoms with van der Waals surface area (Å²) in [5.41, 5.74) is 0.276. The molecule has 2 heterocycles. The molecular formula is C15H24N4O2S2. The van der Waals surface area contributed by atoms with Crippen LogP contribution < -0.4 is 10.6 Å². The number of hydrogen-bond donors (Lipinski definition) is 2. The van der Waals surface area contributed by atoms with Crippen molar-refractivity contribution in [1.29, 1.82) is 0 Å². The van der Waals surface area contributed by atoms with Crippen molar-refractivity contribution in [1.82, 2.24) is 15.5 Å². The molecule has 0 amide bonds. The van der Waals surface area contributed by atoms with Crippen molar-refractivity contribution < 1.29 is 4.92 Å². The monoisotopic (exact) mass is 356 g/mol. The van der Waals surface area contributed by atoms with Crippen LogP contribution in [0.1, 0.15) is 23.1 Å². The third kappa shape index (κ3) is 5.71. The summed E-state index contributed by atoms with van der Waals surface area (Å²) in [6.45, 7) is 5.62. The van der Waals surface area contributed by atoms with Crippen molar-refractivity contribution >= 4 is 23.1 Å². The highest BCUT2D eigenvalue weighted by Gasteiger charge is 2.23. The van der Waals surface area contributed by atoms with E-state index in [1.807, 2.05) is 23.1 Å². The van der Waals surface area contributed by atoms with Crippen LogP contribution in [0.5, 0.6) is 0 Å². The van der Waals surface area contributed by atoms with Crippen molar-refractivity contribution in [3.05, 3.63) is 43.5 Å². The largest absolute Gasteiger partial charge is 0.366 e. The number of thiophene rings is 1. The molecule has 0 spiro atoms. The predicted molar refractivity (Wildman–Crippen MR) is 97.1 cm³/mol. The van der Waals surface area contributed by atoms with Gasteiger partial charge in [-0.05, 0) is 25.7 Å². The van der Waals surface area contributed by atoms with Gasteiger partial charge in [-0.15, -0.1) is 11.3 Å². The Labute approximate surface area is 145 Å². The normalized spacial score (nSPS) is 14.4. The van der Waals surface area contributed by atoms with Crippen LogP contribution in [0.25, 0.3) is 0 Å². The highest BCUT2D eigenvalue weighted by Crippen LogP contribution is 2.22. The van der Waals surface area contributed by atoms with Gasteiger partial charge in [0.15, 0.2) is 5.82 Å². The van der Waals surface area contributed by atoms with Gasteiger partial charge in [0, 0.05) is 40.9 Å². The Morgan fingerprint density at radius 3 is 3.00 bits per heavy atom. The summed E-state index contributed by atoms with van der Waals surface area (Å²) >= 11 is 3.72. The van der Waals surface area contributed by atoms with Crippen molar-refractivity contribution in [2.45, 2.75) is 25.6 Å². The number of hydrogen-bond acceptors (Lipinski definition) is 7. The zero-order chi connectivity index (χ0) is 16.7. The number of thioether (sulfide) groups is 1. The Morgan fingerprint density at radius 2 is 2.26 bits per heavy atom. The first-order chi connectivity index (χ1) is 11.1. The van der Waals surface area contributed by atoms with Crippen LogP contribution in [0.4, 0.5) is 0 Å². The van der Waals surface area contributed by atoms with Gasteiger partial charge in [-0.1, -0.05) is 6.92 Å². The molecule has 8 heteroatoms. The number of rotatable bonds is 10. The van der Waals surface area contributed by atoms with E-state index in [9.17, 15) is 10.1 Å². The van der Waals surface area contributed by atoms with Crippen LogP contribution in [0, 0.1) is 10.1 Å². The molecule has 0 aliphatic carbocycles. The zero-order valence-corrected chi connectivity index (χ0v) is 15.3. The SMILES string of the molecule is CCN(C)Cc1ccc(CSCCNC2=C([N+](=O)[O-])CCN2)s1. The summed E-state index contributed by atoms with van der Waals surface area (Å²) in [6.07, 6.45) is 0.493. The van der Waals surface area contributed by atoms with Gasteiger partial charge in [-0.25, -0.2) is 0 Å². The predicted octanol–water partition coefficient (Wildman–Crippen LogP) is 2.46. The fourth-order valence-electron chi connectivity index (χ4n) is 2.26. The molecule has 0 radical (unpaired) electrons. The van der Waals surface area contributed by atoms with E-state index in [1.165, 1.54) is 9.75 Å². The number of nitrogens with zero attached hydrogens (tertiary/aromatic N) is 2. The van der Waals surface area contributed by atoms with Gasteiger partial charge in [0.1, 0.15) is 0 Å². The highest BCUT2D eigenvalue weighted by atomic mass is 32.2. The van der Waals surface area contributed by atoms with E-state index in [0.717, 1.165) is 31.1 Å². The Kier molecular flexibility index (Phi) is 7.19. The summed E-state index contributed by atoms with van der Waals surface area (Å²) in [7, 11) is 2.13. The third-order valence-electron chi connectivity index (χ3n) is 3.65. The van der Waals surface area contributed by atoms with Crippen LogP contribution >= 0.6 is 23.1 Å². The van der Waals surface area contributed by atoms with E-state index in [4.69, 9.17) is 0 Å². The first-order valence-electron chi connectivity index (χ1n) is 7.79. The van der Waals surface area contributed by atoms with E-state index < -0.39 is 0 Å². The maximum Gasteiger partial charge on any atom is 0.287 e. The average Bonchev–Trinajstić information content (AvgIpc) is 3.16. The maximum atomic E-state index is 10.8. The summed E-state index contributed by atoms with van der Waals surface area (Å²) in [4.78, 5) is 15.6. The number of nitro groups is 1. The molecule has 0 bridgehead atoms. The van der Waals surface area contributed by atoms with Crippen molar-refractivity contribution in [2.75, 3.05) is 32.4 Å². The second kappa shape index (κ2) is 9.14. The molecular weight excluding hydrogens is 332 g/mol. The molecule has 6 nitrogen and oxygen atoms in total. The molecule has 128 valence electrons. The fraction of sp³-hybridized carbons (Fsp3) is 0.600. The van der Waals surface area contributed by atoms with Crippen molar-refractivity contribution in [3.63, 3.8) is 0 Å². The summed E-state index contributed by atoms with van der Waals surface area (Å²) in [6, 6.07) is 4.41. The van der Waals surface area contributed by atoms with E-state index in [-0.39, 0.29) is 10.6 Å². The van der Waals surface area contributed by atoms with Gasteiger partial charge >= 0.3 is 0 Å². The molecule has 23 heavy (non-hydrogen) atoms. The van der Waals surface area contributed by atoms with Crippen LogP contribution in [0.15, 0.2) is 23.7 Å². The van der Waals surface area contributed by atoms with Crippen LogP contribution in [-0.2, 0) is 12.3 Å². The lowest BCUT2D eigenvalue weighted by Crippen LogP contribution is -2.26. The average molecular weight is 357 g/mol. The molecule has 1 aliphatic heterocycles. The quantitative estimate of drug-likeness (QED) is 0.381. The van der Waals surface area contributed by atoms with Crippen molar-refractivity contribution in [2.24, 2.45) is 0 Å². The molecule has 0 saturated carbocycles. The Balaban J connectivity index is 1.66. The zero-order valence-electron chi connectivity index (χ0n) is 13.6. The van der Waals surface area contributed by atoms with E-state index in [1.54, 1.807) is 0 Å². The summed E-state index contributed by atoms with van der Waals surface area (Å²) < 4.78 is 0. The minimum absolute atomic E-state index is 0.276. The number of nitrogens with one attached hydrogen (secondary N) is 2. The van der Waals surface area contributed by atoms with E-state index >= 15 is 0 Å². The minimum Gasteiger partial charge on any atom is -0.366 e. The lowest BCUT2D eigenvalue weighted by molar-refractivity contribution is -0.427. The van der Waals surface area contributed by atoms with E-state index in [2.05, 4.69) is 41.6 Å². The summed E-state index contributed by atoms with van der Waals surface area (Å²) in [5.74, 6) is 2.52. The van der Waals surface area contributed by atoms with Gasteiger partial charge in [0.05, 0.1) is 11.3 Å². The van der Waals surface area contributed by atoms with Crippen LogP contribution in [0.2, 0.25) is 0 Å². The summed E-state index contributed by atoms with van der Waals surface area (Å²) in [5, 5.41) is 17.0. The van der Waals surface area contributed by atoms with Gasteiger partial charge in [-0.3, -0.25) is 10.1 Å². The molecule has 0 saturated heterocycles. The topological polar surface area (TPSA) is 70.4 Å². The smallest absolute Gasteiger partial charge is 0.287 e. The second-order valence-corrected chi connectivity index (χ2v) is 7.79. The molecule has 2 rings (SSSR count). The minimum atomic E-state index is -0.296. The van der Waals surface area contributed by atoms with E-state index in [0.29, 0.717) is 18.8 Å². The van der Waals surface area contributed by atoms with Crippen LogP contribution in [0.3, 0.4) is 0 Å². The Hall–Kier alpha value is -1.25. The maximum absolute atomic E-state index is 10.8. The standard InChI is InChI=1S/C15H24N4O2S2/c1-3-18(2)10-12-4-5-13(23-12)11-22-9-8-17-15-14(19(20)21)6-7-16-15/h4-5,16-17H,3,6-11H2,1-2H3. The third-order valence-corrected chi connectivity index (χ3v) is 5.91. The Morgan fingerprint density at radius 1 is 1.48 bits per heavy atom. The lowest BCUT2D eigenvalue weighted by atomic mass is 10.4. The van der Waals surface area contributed by atoms with Crippen LogP contribution in [-0.4, -0.2) is 42.3 Å². The second-order valence-electron chi connectivity index (χ2n) is 5.43. The van der Waals surface area contributed by atoms with Gasteiger partial charge in [0.25, 0.3) is 5.70 Å². The highest BCUT2D eigenvalue weighted by molar-refractivity contribution is 7.98. The molecule has 0 aromatic carbocycles. The molecule has 0 unspecified atom stereocenters. The Bertz CT molecular complexity index is 559. The molecule has 1 aromatic rings. The first kappa shape index (κ1) is 18.1. The molecule has 1 aromatic heterocycles. The first-order valence-corrected chi connectivity index (χ1v) is 9.76.